The molecule has 0 spiro atoms. The Kier molecular flexibility index (Phi) is 2.78. The number of benzene rings is 1. The standard InChI is InChI=1S/C15H16N4O2/c20-14-10-3-1-2-4-11(10)17-13(18-14)15(21)19-6-5-9-7-16-8-12(9)19/h1-4,9,12,16H,5-8H2,(H,17,18,20)/t9-,12+/m0/s1. The van der Waals surface area contributed by atoms with Gasteiger partial charge in [0.15, 0.2) is 5.82 Å². The fourth-order valence-electron chi connectivity index (χ4n) is 3.43. The third-order valence-electron chi connectivity index (χ3n) is 4.52. The van der Waals surface area contributed by atoms with Crippen LogP contribution in [-0.2, 0) is 0 Å². The van der Waals surface area contributed by atoms with Gasteiger partial charge < -0.3 is 15.2 Å². The van der Waals surface area contributed by atoms with E-state index in [1.807, 2.05) is 11.0 Å². The number of nitrogens with one attached hydrogen (secondary N) is 2. The first-order chi connectivity index (χ1) is 10.2. The molecule has 6 heteroatoms. The lowest BCUT2D eigenvalue weighted by atomic mass is 10.1. The van der Waals surface area contributed by atoms with Crippen molar-refractivity contribution in [2.75, 3.05) is 19.6 Å². The Morgan fingerprint density at radius 3 is 3.05 bits per heavy atom. The summed E-state index contributed by atoms with van der Waals surface area (Å²) in [7, 11) is 0. The molecule has 2 aliphatic heterocycles. The van der Waals surface area contributed by atoms with Crippen LogP contribution in [0.5, 0.6) is 0 Å². The molecule has 0 radical (unpaired) electrons. The molecule has 3 heterocycles. The molecule has 0 bridgehead atoms. The second-order valence-corrected chi connectivity index (χ2v) is 5.70. The fraction of sp³-hybridized carbons (Fsp3) is 0.400. The zero-order valence-electron chi connectivity index (χ0n) is 11.5. The van der Waals surface area contributed by atoms with Crippen molar-refractivity contribution in [1.82, 2.24) is 20.2 Å². The van der Waals surface area contributed by atoms with Crippen molar-refractivity contribution < 1.29 is 4.79 Å². The van der Waals surface area contributed by atoms with Crippen molar-refractivity contribution in [1.29, 1.82) is 0 Å². The van der Waals surface area contributed by atoms with Crippen LogP contribution >= 0.6 is 0 Å². The minimum atomic E-state index is -0.260. The predicted molar refractivity (Wildman–Crippen MR) is 78.2 cm³/mol. The molecule has 2 atom stereocenters. The zero-order valence-corrected chi connectivity index (χ0v) is 11.5. The van der Waals surface area contributed by atoms with E-state index in [-0.39, 0.29) is 23.3 Å². The van der Waals surface area contributed by atoms with Crippen LogP contribution in [0.1, 0.15) is 17.0 Å². The van der Waals surface area contributed by atoms with Gasteiger partial charge in [-0.2, -0.15) is 0 Å². The average Bonchev–Trinajstić information content (AvgIpc) is 3.09. The number of carbonyl (C=O) groups excluding carboxylic acids is 1. The van der Waals surface area contributed by atoms with Gasteiger partial charge in [0.25, 0.3) is 11.5 Å². The number of likely N-dealkylation sites (tertiary alicyclic amines) is 1. The quantitative estimate of drug-likeness (QED) is 0.792. The Morgan fingerprint density at radius 2 is 2.14 bits per heavy atom. The number of hydrogen-bond acceptors (Lipinski definition) is 4. The molecule has 0 unspecified atom stereocenters. The molecular formula is C15H16N4O2. The molecule has 1 aromatic carbocycles. The summed E-state index contributed by atoms with van der Waals surface area (Å²) < 4.78 is 0. The molecule has 2 saturated heterocycles. The second-order valence-electron chi connectivity index (χ2n) is 5.70. The topological polar surface area (TPSA) is 78.1 Å². The molecule has 21 heavy (non-hydrogen) atoms. The van der Waals surface area contributed by atoms with Gasteiger partial charge in [-0.15, -0.1) is 0 Å². The summed E-state index contributed by atoms with van der Waals surface area (Å²) in [5.41, 5.74) is 0.300. The van der Waals surface area contributed by atoms with E-state index >= 15 is 0 Å². The van der Waals surface area contributed by atoms with Crippen molar-refractivity contribution in [2.24, 2.45) is 5.92 Å². The van der Waals surface area contributed by atoms with Crippen LogP contribution in [0.25, 0.3) is 10.9 Å². The molecule has 2 aliphatic rings. The minimum Gasteiger partial charge on any atom is -0.331 e. The number of H-pyrrole nitrogens is 1. The maximum Gasteiger partial charge on any atom is 0.290 e. The van der Waals surface area contributed by atoms with Gasteiger partial charge in [-0.25, -0.2) is 4.98 Å². The van der Waals surface area contributed by atoms with Gasteiger partial charge in [-0.05, 0) is 24.5 Å². The van der Waals surface area contributed by atoms with Crippen LogP contribution < -0.4 is 10.9 Å². The van der Waals surface area contributed by atoms with Gasteiger partial charge in [-0.1, -0.05) is 12.1 Å². The third kappa shape index (κ3) is 1.94. The van der Waals surface area contributed by atoms with Crippen molar-refractivity contribution in [3.8, 4) is 0 Å². The molecule has 6 nitrogen and oxygen atoms in total. The first-order valence-corrected chi connectivity index (χ1v) is 7.25. The van der Waals surface area contributed by atoms with E-state index < -0.39 is 0 Å². The lowest BCUT2D eigenvalue weighted by Crippen LogP contribution is -2.40. The van der Waals surface area contributed by atoms with Gasteiger partial charge in [0.1, 0.15) is 0 Å². The molecular weight excluding hydrogens is 268 g/mol. The van der Waals surface area contributed by atoms with E-state index in [1.54, 1.807) is 18.2 Å². The van der Waals surface area contributed by atoms with Crippen molar-refractivity contribution in [3.63, 3.8) is 0 Å². The highest BCUT2D eigenvalue weighted by Gasteiger charge is 2.40. The van der Waals surface area contributed by atoms with E-state index in [0.29, 0.717) is 16.8 Å². The normalized spacial score (nSPS) is 24.5. The number of para-hydroxylation sites is 1. The van der Waals surface area contributed by atoms with Crippen LogP contribution in [0.15, 0.2) is 29.1 Å². The maximum absolute atomic E-state index is 12.7. The van der Waals surface area contributed by atoms with E-state index in [9.17, 15) is 9.59 Å². The summed E-state index contributed by atoms with van der Waals surface area (Å²) in [5, 5.41) is 3.83. The predicted octanol–water partition coefficient (Wildman–Crippen LogP) is 0.357. The van der Waals surface area contributed by atoms with E-state index in [2.05, 4.69) is 15.3 Å². The van der Waals surface area contributed by atoms with Crippen molar-refractivity contribution in [3.05, 3.63) is 40.4 Å². The van der Waals surface area contributed by atoms with E-state index in [1.165, 1.54) is 0 Å². The van der Waals surface area contributed by atoms with Gasteiger partial charge in [-0.3, -0.25) is 9.59 Å². The molecule has 0 saturated carbocycles. The van der Waals surface area contributed by atoms with Crippen LogP contribution in [-0.4, -0.2) is 46.5 Å². The minimum absolute atomic E-state index is 0.145. The average molecular weight is 284 g/mol. The second kappa shape index (κ2) is 4.66. The fourth-order valence-corrected chi connectivity index (χ4v) is 3.43. The lowest BCUT2D eigenvalue weighted by molar-refractivity contribution is 0.0724. The van der Waals surface area contributed by atoms with Gasteiger partial charge >= 0.3 is 0 Å². The summed E-state index contributed by atoms with van der Waals surface area (Å²) >= 11 is 0. The number of aromatic nitrogens is 2. The zero-order chi connectivity index (χ0) is 14.4. The highest BCUT2D eigenvalue weighted by Crippen LogP contribution is 2.27. The van der Waals surface area contributed by atoms with Gasteiger partial charge in [0, 0.05) is 25.7 Å². The van der Waals surface area contributed by atoms with E-state index in [4.69, 9.17) is 0 Å². The number of rotatable bonds is 1. The highest BCUT2D eigenvalue weighted by atomic mass is 16.2. The number of nitrogens with zero attached hydrogens (tertiary/aromatic N) is 2. The SMILES string of the molecule is O=C(c1nc2ccccc2c(=O)[nH]1)N1CC[C@H]2CNC[C@H]21. The molecule has 2 fully saturated rings. The Hall–Kier alpha value is -2.21. The summed E-state index contributed by atoms with van der Waals surface area (Å²) in [4.78, 5) is 33.5. The molecule has 0 aliphatic carbocycles. The monoisotopic (exact) mass is 284 g/mol. The number of aromatic amines is 1. The molecule has 1 amide bonds. The van der Waals surface area contributed by atoms with Gasteiger partial charge in [0.2, 0.25) is 0 Å². The summed E-state index contributed by atoms with van der Waals surface area (Å²) in [6.45, 7) is 2.54. The smallest absolute Gasteiger partial charge is 0.290 e. The molecule has 2 aromatic rings. The van der Waals surface area contributed by atoms with Crippen LogP contribution in [0, 0.1) is 5.92 Å². The number of fused-ring (bicyclic) bond motifs is 2. The van der Waals surface area contributed by atoms with Crippen LogP contribution in [0.3, 0.4) is 0 Å². The van der Waals surface area contributed by atoms with E-state index in [0.717, 1.165) is 26.1 Å². The first-order valence-electron chi connectivity index (χ1n) is 7.25. The molecule has 2 N–H and O–H groups in total. The Bertz CT molecular complexity index is 770. The Labute approximate surface area is 121 Å². The third-order valence-corrected chi connectivity index (χ3v) is 4.52. The molecule has 4 rings (SSSR count). The van der Waals surface area contributed by atoms with Crippen molar-refractivity contribution >= 4 is 16.8 Å². The Morgan fingerprint density at radius 1 is 1.29 bits per heavy atom. The lowest BCUT2D eigenvalue weighted by Gasteiger charge is -2.22. The molecule has 108 valence electrons. The van der Waals surface area contributed by atoms with Crippen LogP contribution in [0.2, 0.25) is 0 Å². The number of hydrogen-bond donors (Lipinski definition) is 2. The number of amides is 1. The van der Waals surface area contributed by atoms with Crippen LogP contribution in [0.4, 0.5) is 0 Å². The number of carbonyl (C=O) groups is 1. The summed E-state index contributed by atoms with van der Waals surface area (Å²) in [5.74, 6) is 0.501. The Balaban J connectivity index is 1.73. The maximum atomic E-state index is 12.7. The molecule has 1 aromatic heterocycles. The van der Waals surface area contributed by atoms with Gasteiger partial charge in [0.05, 0.1) is 10.9 Å². The summed E-state index contributed by atoms with van der Waals surface area (Å²) in [6, 6.07) is 7.30. The van der Waals surface area contributed by atoms with Crippen molar-refractivity contribution in [2.45, 2.75) is 12.5 Å². The highest BCUT2D eigenvalue weighted by molar-refractivity contribution is 5.93. The summed E-state index contributed by atoms with van der Waals surface area (Å²) in [6.07, 6.45) is 1.02. The largest absolute Gasteiger partial charge is 0.331 e. The first kappa shape index (κ1) is 12.5.